The normalized spacial score (nSPS) is 10.5. The quantitative estimate of drug-likeness (QED) is 0.563. The fraction of sp³-hybridized carbons (Fsp3) is 0.0909. The molecule has 0 aliphatic heterocycles. The fourth-order valence-corrected chi connectivity index (χ4v) is 3.09. The fourth-order valence-electron chi connectivity index (χ4n) is 2.73. The van der Waals surface area contributed by atoms with Crippen molar-refractivity contribution in [3.8, 4) is 5.75 Å². The van der Waals surface area contributed by atoms with Crippen LogP contribution in [0, 0.1) is 0 Å². The molecule has 0 aliphatic carbocycles. The maximum atomic E-state index is 12.4. The van der Waals surface area contributed by atoms with Crippen LogP contribution in [0.2, 0.25) is 0 Å². The average Bonchev–Trinajstić information content (AvgIpc) is 2.73. The first kappa shape index (κ1) is 19.6. The Morgan fingerprint density at radius 1 is 0.929 bits per heavy atom. The first-order chi connectivity index (χ1) is 13.5. The molecular formula is C22H18BrNO4. The molecule has 0 spiro atoms. The van der Waals surface area contributed by atoms with Gasteiger partial charge in [0.15, 0.2) is 6.61 Å². The van der Waals surface area contributed by atoms with Crippen molar-refractivity contribution in [1.29, 1.82) is 0 Å². The Morgan fingerprint density at radius 3 is 2.07 bits per heavy atom. The molecule has 142 valence electrons. The van der Waals surface area contributed by atoms with Gasteiger partial charge in [-0.1, -0.05) is 76.6 Å². The lowest BCUT2D eigenvalue weighted by molar-refractivity contribution is -0.124. The van der Waals surface area contributed by atoms with Crippen molar-refractivity contribution in [1.82, 2.24) is 5.32 Å². The maximum absolute atomic E-state index is 12.4. The first-order valence-electron chi connectivity index (χ1n) is 8.59. The molecule has 0 aromatic heterocycles. The largest absolute Gasteiger partial charge is 0.507 e. The number of aromatic hydroxyl groups is 1. The number of phenolic OH excluding ortho intramolecular Hbond substituents is 1. The standard InChI is InChI=1S/C22H18BrNO4/c23-17-11-12-19(25)18(13-17)22(27)28-14-20(26)24-21(15-7-3-1-4-8-15)16-9-5-2-6-10-16/h1-13,21,25H,14H2,(H,24,26). The number of carbonyl (C=O) groups is 2. The number of rotatable bonds is 6. The molecule has 5 nitrogen and oxygen atoms in total. The van der Waals surface area contributed by atoms with Gasteiger partial charge in [0.05, 0.1) is 6.04 Å². The monoisotopic (exact) mass is 439 g/mol. The van der Waals surface area contributed by atoms with Crippen molar-refractivity contribution in [2.24, 2.45) is 0 Å². The molecule has 0 bridgehead atoms. The van der Waals surface area contributed by atoms with Crippen molar-refractivity contribution in [2.45, 2.75) is 6.04 Å². The summed E-state index contributed by atoms with van der Waals surface area (Å²) in [7, 11) is 0. The van der Waals surface area contributed by atoms with E-state index < -0.39 is 18.5 Å². The van der Waals surface area contributed by atoms with Gasteiger partial charge in [-0.25, -0.2) is 4.79 Å². The molecule has 28 heavy (non-hydrogen) atoms. The van der Waals surface area contributed by atoms with E-state index in [1.54, 1.807) is 6.07 Å². The van der Waals surface area contributed by atoms with Crippen molar-refractivity contribution in [3.63, 3.8) is 0 Å². The number of amides is 1. The van der Waals surface area contributed by atoms with Crippen molar-refractivity contribution < 1.29 is 19.4 Å². The highest BCUT2D eigenvalue weighted by atomic mass is 79.9. The van der Waals surface area contributed by atoms with Gasteiger partial charge < -0.3 is 15.2 Å². The third-order valence-electron chi connectivity index (χ3n) is 4.08. The van der Waals surface area contributed by atoms with Crippen LogP contribution in [-0.2, 0) is 9.53 Å². The lowest BCUT2D eigenvalue weighted by atomic mass is 9.99. The predicted molar refractivity (Wildman–Crippen MR) is 109 cm³/mol. The summed E-state index contributed by atoms with van der Waals surface area (Å²) in [5.74, 6) is -1.43. The molecule has 0 unspecified atom stereocenters. The van der Waals surface area contributed by atoms with E-state index in [2.05, 4.69) is 21.2 Å². The highest BCUT2D eigenvalue weighted by molar-refractivity contribution is 9.10. The number of halogens is 1. The zero-order valence-electron chi connectivity index (χ0n) is 14.8. The molecule has 0 fully saturated rings. The van der Waals surface area contributed by atoms with Crippen LogP contribution in [0.5, 0.6) is 5.75 Å². The summed E-state index contributed by atoms with van der Waals surface area (Å²) in [6.45, 7) is -0.457. The topological polar surface area (TPSA) is 75.6 Å². The highest BCUT2D eigenvalue weighted by Crippen LogP contribution is 2.23. The minimum atomic E-state index is -0.773. The molecule has 0 saturated heterocycles. The Hall–Kier alpha value is -3.12. The summed E-state index contributed by atoms with van der Waals surface area (Å²) < 4.78 is 5.69. The molecule has 3 aromatic carbocycles. The maximum Gasteiger partial charge on any atom is 0.342 e. The molecule has 3 aromatic rings. The molecule has 3 rings (SSSR count). The van der Waals surface area contributed by atoms with E-state index in [4.69, 9.17) is 4.74 Å². The Bertz CT molecular complexity index is 921. The SMILES string of the molecule is O=C(COC(=O)c1cc(Br)ccc1O)NC(c1ccccc1)c1ccccc1. The van der Waals surface area contributed by atoms with Gasteiger partial charge >= 0.3 is 5.97 Å². The van der Waals surface area contributed by atoms with Gasteiger partial charge in [-0.05, 0) is 29.3 Å². The summed E-state index contributed by atoms with van der Waals surface area (Å²) in [6, 6.07) is 23.1. The molecule has 0 aliphatic rings. The number of ether oxygens (including phenoxy) is 1. The van der Waals surface area contributed by atoms with Crippen LogP contribution >= 0.6 is 15.9 Å². The number of phenols is 1. The van der Waals surface area contributed by atoms with Crippen molar-refractivity contribution >= 4 is 27.8 Å². The number of carbonyl (C=O) groups excluding carboxylic acids is 2. The van der Waals surface area contributed by atoms with Gasteiger partial charge in [-0.2, -0.15) is 0 Å². The van der Waals surface area contributed by atoms with Crippen molar-refractivity contribution in [2.75, 3.05) is 6.61 Å². The third-order valence-corrected chi connectivity index (χ3v) is 4.58. The minimum absolute atomic E-state index is 0.00940. The van der Waals surface area contributed by atoms with Crippen LogP contribution < -0.4 is 5.32 Å². The van der Waals surface area contributed by atoms with E-state index in [9.17, 15) is 14.7 Å². The second-order valence-electron chi connectivity index (χ2n) is 6.06. The van der Waals surface area contributed by atoms with Gasteiger partial charge in [0.25, 0.3) is 5.91 Å². The zero-order chi connectivity index (χ0) is 19.9. The molecule has 0 heterocycles. The second-order valence-corrected chi connectivity index (χ2v) is 6.98. The van der Waals surface area contributed by atoms with E-state index in [0.29, 0.717) is 4.47 Å². The summed E-state index contributed by atoms with van der Waals surface area (Å²) in [5, 5.41) is 12.7. The number of nitrogens with one attached hydrogen (secondary N) is 1. The van der Waals surface area contributed by atoms with E-state index in [0.717, 1.165) is 11.1 Å². The van der Waals surface area contributed by atoms with Gasteiger partial charge in [-0.15, -0.1) is 0 Å². The highest BCUT2D eigenvalue weighted by Gasteiger charge is 2.19. The Kier molecular flexibility index (Phi) is 6.45. The van der Waals surface area contributed by atoms with Crippen LogP contribution in [0.3, 0.4) is 0 Å². The molecular weight excluding hydrogens is 422 g/mol. The summed E-state index contributed by atoms with van der Waals surface area (Å²) >= 11 is 3.23. The van der Waals surface area contributed by atoms with Gasteiger partial charge in [0.2, 0.25) is 0 Å². The third kappa shape index (κ3) is 4.98. The van der Waals surface area contributed by atoms with Gasteiger partial charge in [0.1, 0.15) is 11.3 Å². The van der Waals surface area contributed by atoms with Crippen LogP contribution in [0.4, 0.5) is 0 Å². The van der Waals surface area contributed by atoms with Crippen LogP contribution in [0.15, 0.2) is 83.3 Å². The summed E-state index contributed by atoms with van der Waals surface area (Å²) in [4.78, 5) is 24.6. The molecule has 2 N–H and O–H groups in total. The number of hydrogen-bond acceptors (Lipinski definition) is 4. The Morgan fingerprint density at radius 2 is 1.50 bits per heavy atom. The van der Waals surface area contributed by atoms with Crippen LogP contribution in [0.1, 0.15) is 27.5 Å². The van der Waals surface area contributed by atoms with Gasteiger partial charge in [-0.3, -0.25) is 4.79 Å². The Labute approximate surface area is 171 Å². The molecule has 1 amide bonds. The Balaban J connectivity index is 1.69. The summed E-state index contributed by atoms with van der Waals surface area (Å²) in [5.41, 5.74) is 1.82. The zero-order valence-corrected chi connectivity index (χ0v) is 16.4. The minimum Gasteiger partial charge on any atom is -0.507 e. The number of hydrogen-bond donors (Lipinski definition) is 2. The average molecular weight is 440 g/mol. The van der Waals surface area contributed by atoms with Crippen molar-refractivity contribution in [3.05, 3.63) is 100 Å². The van der Waals surface area contributed by atoms with E-state index in [1.807, 2.05) is 60.7 Å². The smallest absolute Gasteiger partial charge is 0.342 e. The number of esters is 1. The van der Waals surface area contributed by atoms with Gasteiger partial charge in [0, 0.05) is 4.47 Å². The van der Waals surface area contributed by atoms with Crippen LogP contribution in [0.25, 0.3) is 0 Å². The van der Waals surface area contributed by atoms with E-state index in [1.165, 1.54) is 12.1 Å². The first-order valence-corrected chi connectivity index (χ1v) is 9.39. The summed E-state index contributed by atoms with van der Waals surface area (Å²) in [6.07, 6.45) is 0. The second kappa shape index (κ2) is 9.19. The lowest BCUT2D eigenvalue weighted by Crippen LogP contribution is -2.33. The lowest BCUT2D eigenvalue weighted by Gasteiger charge is -2.20. The molecule has 0 atom stereocenters. The molecule has 6 heteroatoms. The molecule has 0 saturated carbocycles. The number of benzene rings is 3. The molecule has 0 radical (unpaired) electrons. The van der Waals surface area contributed by atoms with E-state index >= 15 is 0 Å². The van der Waals surface area contributed by atoms with E-state index in [-0.39, 0.29) is 17.4 Å². The van der Waals surface area contributed by atoms with Crippen LogP contribution in [-0.4, -0.2) is 23.6 Å². The predicted octanol–water partition coefficient (Wildman–Crippen LogP) is 4.22.